The Hall–Kier alpha value is -6.46. The molecule has 2 unspecified atom stereocenters. The summed E-state index contributed by atoms with van der Waals surface area (Å²) >= 11 is 3.81. The number of thioether (sulfide) groups is 2. The van der Waals surface area contributed by atoms with Gasteiger partial charge >= 0.3 is 0 Å². The number of rotatable bonds is 24. The second kappa shape index (κ2) is 25.8. The molecule has 2 aliphatic heterocycles. The molecular weight excluding hydrogens is 985 g/mol. The van der Waals surface area contributed by atoms with Crippen LogP contribution in [0.2, 0.25) is 0 Å². The zero-order chi connectivity index (χ0) is 52.9. The van der Waals surface area contributed by atoms with E-state index in [9.17, 15) is 9.90 Å². The molecule has 0 radical (unpaired) electrons. The molecule has 0 aromatic heterocycles. The van der Waals surface area contributed by atoms with Gasteiger partial charge in [-0.1, -0.05) is 237 Å². The van der Waals surface area contributed by atoms with Gasteiger partial charge in [0, 0.05) is 49.1 Å². The van der Waals surface area contributed by atoms with Crippen molar-refractivity contribution in [2.45, 2.75) is 66.2 Å². The summed E-state index contributed by atoms with van der Waals surface area (Å²) in [5.74, 6) is 1.71. The molecule has 2 saturated heterocycles. The predicted octanol–water partition coefficient (Wildman–Crippen LogP) is 13.4. The summed E-state index contributed by atoms with van der Waals surface area (Å²) in [4.78, 5) is 24.9. The van der Waals surface area contributed by atoms with E-state index in [2.05, 4.69) is 252 Å². The summed E-state index contributed by atoms with van der Waals surface area (Å²) in [6, 6.07) is 80.4. The van der Waals surface area contributed by atoms with Crippen LogP contribution in [0.25, 0.3) is 10.8 Å². The SMILES string of the molecule is CC/C(=N\OC)[C@@H]1C2[C@H](O)CC(C[C@@H]1c1ccc3ccccc3c1)N2CCCN(CCSC(c1ccccc1)(c1ccccc1)c1ccccc1)CC(=O)NCCSC(c1ccccc1)(c1ccccc1)c1ccccc1. The van der Waals surface area contributed by atoms with E-state index in [-0.39, 0.29) is 36.4 Å². The molecule has 2 heterocycles. The van der Waals surface area contributed by atoms with E-state index in [0.29, 0.717) is 18.8 Å². The molecule has 0 aliphatic carbocycles. The predicted molar refractivity (Wildman–Crippen MR) is 322 cm³/mol. The molecule has 10 rings (SSSR count). The number of carbonyl (C=O) groups is 1. The second-order valence-electron chi connectivity index (χ2n) is 20.5. The zero-order valence-electron chi connectivity index (χ0n) is 44.4. The molecule has 5 atom stereocenters. The van der Waals surface area contributed by atoms with E-state index in [1.165, 1.54) is 49.7 Å². The highest BCUT2D eigenvalue weighted by atomic mass is 32.2. The van der Waals surface area contributed by atoms with Crippen LogP contribution in [0, 0.1) is 5.92 Å². The highest BCUT2D eigenvalue weighted by Gasteiger charge is 2.53. The van der Waals surface area contributed by atoms with Crippen LogP contribution < -0.4 is 5.32 Å². The van der Waals surface area contributed by atoms with Crippen molar-refractivity contribution < 1.29 is 14.7 Å². The van der Waals surface area contributed by atoms with Crippen molar-refractivity contribution in [3.8, 4) is 0 Å². The fourth-order valence-electron chi connectivity index (χ4n) is 12.7. The second-order valence-corrected chi connectivity index (χ2v) is 23.1. The molecule has 77 heavy (non-hydrogen) atoms. The van der Waals surface area contributed by atoms with Gasteiger partial charge in [0.05, 0.1) is 27.9 Å². The summed E-state index contributed by atoms with van der Waals surface area (Å²) in [6.07, 6.45) is 2.77. The van der Waals surface area contributed by atoms with Crippen LogP contribution in [0.4, 0.5) is 0 Å². The van der Waals surface area contributed by atoms with Crippen LogP contribution in [-0.4, -0.2) is 96.1 Å². The van der Waals surface area contributed by atoms with Gasteiger partial charge in [-0.05, 0) is 87.9 Å². The Bertz CT molecular complexity index is 2940. The Balaban J connectivity index is 0.894. The number of hydrogen-bond donors (Lipinski definition) is 2. The lowest BCUT2D eigenvalue weighted by Gasteiger charge is -2.46. The van der Waals surface area contributed by atoms with Crippen molar-refractivity contribution in [2.24, 2.45) is 11.1 Å². The molecule has 394 valence electrons. The number of aliphatic hydroxyl groups excluding tert-OH is 1. The van der Waals surface area contributed by atoms with Crippen LogP contribution in [0.3, 0.4) is 0 Å². The number of oxime groups is 1. The monoisotopic (exact) mass is 1060 g/mol. The summed E-state index contributed by atoms with van der Waals surface area (Å²) in [5.41, 5.74) is 9.58. The fourth-order valence-corrected chi connectivity index (χ4v) is 15.6. The maximum Gasteiger partial charge on any atom is 0.234 e. The van der Waals surface area contributed by atoms with Gasteiger partial charge in [0.25, 0.3) is 0 Å². The summed E-state index contributed by atoms with van der Waals surface area (Å²) in [7, 11) is 1.63. The number of nitrogens with zero attached hydrogens (tertiary/aromatic N) is 3. The van der Waals surface area contributed by atoms with E-state index in [1.54, 1.807) is 7.11 Å². The first kappa shape index (κ1) is 53.9. The lowest BCUT2D eigenvalue weighted by Crippen LogP contribution is -2.53. The number of amides is 1. The van der Waals surface area contributed by atoms with Gasteiger partial charge in [0.1, 0.15) is 7.11 Å². The Morgan fingerprint density at radius 1 is 0.623 bits per heavy atom. The molecule has 8 aromatic rings. The molecule has 0 spiro atoms. The largest absolute Gasteiger partial charge is 0.399 e. The number of nitrogens with one attached hydrogen (secondary N) is 1. The van der Waals surface area contributed by atoms with Crippen molar-refractivity contribution >= 4 is 45.9 Å². The normalized spacial score (nSPS) is 18.9. The smallest absolute Gasteiger partial charge is 0.234 e. The lowest BCUT2D eigenvalue weighted by molar-refractivity contribution is -0.122. The van der Waals surface area contributed by atoms with Gasteiger partial charge in [-0.15, -0.1) is 23.5 Å². The van der Waals surface area contributed by atoms with Gasteiger partial charge in [-0.25, -0.2) is 0 Å². The number of piperidine rings is 1. The quantitative estimate of drug-likeness (QED) is 0.0270. The molecule has 0 saturated carbocycles. The number of fused-ring (bicyclic) bond motifs is 3. The van der Waals surface area contributed by atoms with Crippen LogP contribution >= 0.6 is 23.5 Å². The Labute approximate surface area is 465 Å². The molecule has 2 N–H and O–H groups in total. The highest BCUT2D eigenvalue weighted by molar-refractivity contribution is 8.00. The third-order valence-corrected chi connectivity index (χ3v) is 19.1. The first-order valence-electron chi connectivity index (χ1n) is 27.6. The van der Waals surface area contributed by atoms with Gasteiger partial charge < -0.3 is 15.3 Å². The number of carbonyl (C=O) groups excluding carboxylic acids is 1. The van der Waals surface area contributed by atoms with E-state index in [0.717, 1.165) is 50.2 Å². The van der Waals surface area contributed by atoms with Crippen molar-refractivity contribution in [1.82, 2.24) is 15.1 Å². The number of benzene rings is 8. The molecule has 7 nitrogen and oxygen atoms in total. The minimum atomic E-state index is -0.480. The third kappa shape index (κ3) is 11.9. The molecule has 2 aliphatic rings. The molecule has 8 aromatic carbocycles. The Morgan fingerprint density at radius 3 is 1.57 bits per heavy atom. The standard InChI is InChI=1S/C68H72N4O3S2/c1-3-62(70-75-2)65-61(53-40-39-51-25-22-23-26-52(51)47-53)48-60-49-63(73)66(65)72(60)43-24-42-71(44-46-77-68(57-33-16-7-17-34-57,58-35-18-8-19-36-58)59-37-20-9-21-38-59)50-64(74)69-41-45-76-67(54-27-10-4-11-28-54,55-29-12-5-13-30-55)56-31-14-6-15-32-56/h4-23,25-40,47,60-61,63,65-66,73H,3,24,41-46,48-50H2,1-2H3,(H,69,74)/b70-62+/t60?,61-,63-,65-,66?/m1/s1. The minimum absolute atomic E-state index is 0.00231. The van der Waals surface area contributed by atoms with E-state index < -0.39 is 15.6 Å². The maximum atomic E-state index is 14.5. The van der Waals surface area contributed by atoms with Gasteiger partial charge in [-0.2, -0.15) is 0 Å². The van der Waals surface area contributed by atoms with Gasteiger partial charge in [0.15, 0.2) is 0 Å². The van der Waals surface area contributed by atoms with Crippen molar-refractivity contribution in [1.29, 1.82) is 0 Å². The zero-order valence-corrected chi connectivity index (χ0v) is 46.1. The average molecular weight is 1060 g/mol. The van der Waals surface area contributed by atoms with Crippen LogP contribution in [-0.2, 0) is 19.1 Å². The Kier molecular flexibility index (Phi) is 18.1. The fraction of sp³-hybridized carbons (Fsp3) is 0.294. The summed E-state index contributed by atoms with van der Waals surface area (Å²) in [5, 5.41) is 22.5. The van der Waals surface area contributed by atoms with Crippen molar-refractivity contribution in [3.05, 3.63) is 263 Å². The molecule has 2 bridgehead atoms. The molecule has 1 amide bonds. The first-order valence-corrected chi connectivity index (χ1v) is 29.5. The number of aliphatic hydroxyl groups is 1. The van der Waals surface area contributed by atoms with Crippen molar-refractivity contribution in [2.75, 3.05) is 51.3 Å². The minimum Gasteiger partial charge on any atom is -0.399 e. The van der Waals surface area contributed by atoms with E-state index >= 15 is 0 Å². The van der Waals surface area contributed by atoms with Crippen LogP contribution in [0.15, 0.2) is 230 Å². The van der Waals surface area contributed by atoms with Gasteiger partial charge in [-0.3, -0.25) is 14.6 Å². The maximum absolute atomic E-state index is 14.5. The van der Waals surface area contributed by atoms with Crippen molar-refractivity contribution in [3.63, 3.8) is 0 Å². The highest BCUT2D eigenvalue weighted by Crippen LogP contribution is 2.51. The third-order valence-electron chi connectivity index (χ3n) is 16.1. The van der Waals surface area contributed by atoms with Crippen LogP contribution in [0.1, 0.15) is 77.5 Å². The van der Waals surface area contributed by atoms with E-state index in [1.807, 2.05) is 23.5 Å². The van der Waals surface area contributed by atoms with Crippen LogP contribution in [0.5, 0.6) is 0 Å². The summed E-state index contributed by atoms with van der Waals surface area (Å²) < 4.78 is -0.943. The molecule has 9 heteroatoms. The summed E-state index contributed by atoms with van der Waals surface area (Å²) in [6.45, 7) is 5.21. The number of hydrogen-bond acceptors (Lipinski definition) is 8. The topological polar surface area (TPSA) is 77.4 Å². The van der Waals surface area contributed by atoms with Gasteiger partial charge in [0.2, 0.25) is 5.91 Å². The Morgan fingerprint density at radius 2 is 1.09 bits per heavy atom. The molecular formula is C68H72N4O3S2. The molecule has 2 fully saturated rings. The van der Waals surface area contributed by atoms with E-state index in [4.69, 9.17) is 4.84 Å². The lowest BCUT2D eigenvalue weighted by atomic mass is 9.72. The average Bonchev–Trinajstić information content (AvgIpc) is 3.75. The first-order chi connectivity index (χ1) is 37.9.